The van der Waals surface area contributed by atoms with Gasteiger partial charge in [-0.15, -0.1) is 11.3 Å². The first-order valence-corrected chi connectivity index (χ1v) is 4.67. The number of carbonyl (C=O) groups is 1. The van der Waals surface area contributed by atoms with Gasteiger partial charge in [-0.3, -0.25) is 4.79 Å². The van der Waals surface area contributed by atoms with Gasteiger partial charge < -0.3 is 10.8 Å². The summed E-state index contributed by atoms with van der Waals surface area (Å²) in [6, 6.07) is -0.163. The molecule has 0 saturated heterocycles. The van der Waals surface area contributed by atoms with Crippen molar-refractivity contribution in [1.29, 1.82) is 0 Å². The van der Waals surface area contributed by atoms with Crippen LogP contribution in [-0.4, -0.2) is 10.9 Å². The molecule has 1 heterocycles. The van der Waals surface area contributed by atoms with Crippen LogP contribution in [0.25, 0.3) is 0 Å². The van der Waals surface area contributed by atoms with Crippen LogP contribution in [0, 0.1) is 0 Å². The van der Waals surface area contributed by atoms with Crippen molar-refractivity contribution in [3.8, 4) is 5.75 Å². The summed E-state index contributed by atoms with van der Waals surface area (Å²) in [5.74, 6) is 0.285. The number of fused-ring (bicyclic) bond motifs is 1. The fourth-order valence-electron chi connectivity index (χ4n) is 1.48. The first-order valence-electron chi connectivity index (χ1n) is 3.79. The van der Waals surface area contributed by atoms with Crippen molar-refractivity contribution in [3.05, 3.63) is 15.8 Å². The quantitative estimate of drug-likeness (QED) is 0.639. The standard InChI is InChI=1S/C8H9NO2S/c9-4-1-2-5(10)8-7(4)6(11)3-12-8/h3-4,11H,1-2,9H2. The lowest BCUT2D eigenvalue weighted by molar-refractivity contribution is 0.0971. The molecule has 1 atom stereocenters. The maximum Gasteiger partial charge on any atom is 0.173 e. The van der Waals surface area contributed by atoms with Crippen LogP contribution in [0.3, 0.4) is 0 Å². The van der Waals surface area contributed by atoms with Crippen LogP contribution in [0.1, 0.15) is 34.1 Å². The van der Waals surface area contributed by atoms with Crippen LogP contribution in [0.2, 0.25) is 0 Å². The first kappa shape index (κ1) is 7.76. The predicted molar refractivity (Wildman–Crippen MR) is 46.5 cm³/mol. The molecule has 0 aromatic carbocycles. The molecule has 0 amide bonds. The van der Waals surface area contributed by atoms with Crippen molar-refractivity contribution in [3.63, 3.8) is 0 Å². The van der Waals surface area contributed by atoms with Crippen molar-refractivity contribution < 1.29 is 9.90 Å². The number of hydrogen-bond acceptors (Lipinski definition) is 4. The van der Waals surface area contributed by atoms with Crippen LogP contribution < -0.4 is 5.73 Å². The third-order valence-corrected chi connectivity index (χ3v) is 3.14. The largest absolute Gasteiger partial charge is 0.507 e. The van der Waals surface area contributed by atoms with Gasteiger partial charge >= 0.3 is 0 Å². The Balaban J connectivity index is 2.57. The second kappa shape index (κ2) is 2.57. The van der Waals surface area contributed by atoms with E-state index in [9.17, 15) is 9.90 Å². The molecule has 0 aliphatic heterocycles. The van der Waals surface area contributed by atoms with Gasteiger partial charge in [0.2, 0.25) is 0 Å². The SMILES string of the molecule is NC1CCC(=O)c2scc(O)c21. The molecule has 0 saturated carbocycles. The zero-order chi connectivity index (χ0) is 8.72. The van der Waals surface area contributed by atoms with Crippen molar-refractivity contribution in [2.24, 2.45) is 5.73 Å². The zero-order valence-corrected chi connectivity index (χ0v) is 7.23. The summed E-state index contributed by atoms with van der Waals surface area (Å²) in [5.41, 5.74) is 6.40. The van der Waals surface area contributed by atoms with Crippen molar-refractivity contribution in [1.82, 2.24) is 0 Å². The van der Waals surface area contributed by atoms with Gasteiger partial charge in [-0.1, -0.05) is 0 Å². The molecule has 1 unspecified atom stereocenters. The number of Topliss-reactive ketones (excluding diaryl/α,β-unsaturated/α-hetero) is 1. The Kier molecular flexibility index (Phi) is 1.66. The van der Waals surface area contributed by atoms with Gasteiger partial charge in [0.25, 0.3) is 0 Å². The number of hydrogen-bond donors (Lipinski definition) is 2. The monoisotopic (exact) mass is 183 g/mol. The smallest absolute Gasteiger partial charge is 0.173 e. The molecular weight excluding hydrogens is 174 g/mol. The van der Waals surface area contributed by atoms with Crippen LogP contribution in [0.5, 0.6) is 5.75 Å². The maximum atomic E-state index is 11.3. The molecule has 2 rings (SSSR count). The second-order valence-electron chi connectivity index (χ2n) is 2.93. The van der Waals surface area contributed by atoms with Gasteiger partial charge in [0.1, 0.15) is 5.75 Å². The minimum Gasteiger partial charge on any atom is -0.507 e. The number of aromatic hydroxyl groups is 1. The van der Waals surface area contributed by atoms with Crippen LogP contribution in [-0.2, 0) is 0 Å². The van der Waals surface area contributed by atoms with E-state index >= 15 is 0 Å². The van der Waals surface area contributed by atoms with E-state index in [4.69, 9.17) is 5.73 Å². The van der Waals surface area contributed by atoms with Crippen molar-refractivity contribution in [2.45, 2.75) is 18.9 Å². The van der Waals surface area contributed by atoms with E-state index in [0.29, 0.717) is 23.3 Å². The average molecular weight is 183 g/mol. The fraction of sp³-hybridized carbons (Fsp3) is 0.375. The highest BCUT2D eigenvalue weighted by Crippen LogP contribution is 2.38. The number of nitrogens with two attached hydrogens (primary N) is 1. The zero-order valence-electron chi connectivity index (χ0n) is 6.41. The van der Waals surface area contributed by atoms with E-state index in [0.717, 1.165) is 0 Å². The molecule has 1 aromatic heterocycles. The third kappa shape index (κ3) is 0.956. The maximum absolute atomic E-state index is 11.3. The normalized spacial score (nSPS) is 22.4. The summed E-state index contributed by atoms with van der Waals surface area (Å²) in [5, 5.41) is 10.9. The Labute approximate surface area is 73.8 Å². The summed E-state index contributed by atoms with van der Waals surface area (Å²) >= 11 is 1.28. The summed E-state index contributed by atoms with van der Waals surface area (Å²) < 4.78 is 0. The lowest BCUT2D eigenvalue weighted by Crippen LogP contribution is -2.19. The van der Waals surface area contributed by atoms with Gasteiger partial charge in [-0.25, -0.2) is 0 Å². The van der Waals surface area contributed by atoms with Crippen molar-refractivity contribution in [2.75, 3.05) is 0 Å². The second-order valence-corrected chi connectivity index (χ2v) is 3.81. The summed E-state index contributed by atoms with van der Waals surface area (Å²) in [6.07, 6.45) is 1.16. The van der Waals surface area contributed by atoms with E-state index in [1.807, 2.05) is 0 Å². The molecule has 3 N–H and O–H groups in total. The minimum absolute atomic E-state index is 0.108. The molecule has 0 bridgehead atoms. The highest BCUT2D eigenvalue weighted by atomic mass is 32.1. The predicted octanol–water partition coefficient (Wildman–Crippen LogP) is 1.43. The summed E-state index contributed by atoms with van der Waals surface area (Å²) in [4.78, 5) is 11.9. The van der Waals surface area contributed by atoms with Crippen LogP contribution in [0.15, 0.2) is 5.38 Å². The van der Waals surface area contributed by atoms with Crippen molar-refractivity contribution >= 4 is 17.1 Å². The lowest BCUT2D eigenvalue weighted by Gasteiger charge is -2.17. The molecule has 0 fully saturated rings. The Hall–Kier alpha value is -0.870. The number of carbonyl (C=O) groups excluding carboxylic acids is 1. The number of rotatable bonds is 0. The topological polar surface area (TPSA) is 63.3 Å². The van der Waals surface area contributed by atoms with E-state index in [-0.39, 0.29) is 17.6 Å². The van der Waals surface area contributed by atoms with E-state index < -0.39 is 0 Å². The van der Waals surface area contributed by atoms with Crippen LogP contribution >= 0.6 is 11.3 Å². The Bertz CT molecular complexity index is 332. The Morgan fingerprint density at radius 1 is 1.67 bits per heavy atom. The summed E-state index contributed by atoms with van der Waals surface area (Å²) in [7, 11) is 0. The molecule has 1 aliphatic carbocycles. The molecule has 0 radical (unpaired) electrons. The fourth-order valence-corrected chi connectivity index (χ4v) is 2.45. The Morgan fingerprint density at radius 2 is 2.42 bits per heavy atom. The number of ketones is 1. The van der Waals surface area contributed by atoms with E-state index in [2.05, 4.69) is 0 Å². The molecule has 1 aliphatic rings. The van der Waals surface area contributed by atoms with Gasteiger partial charge in [0, 0.05) is 23.4 Å². The molecule has 3 nitrogen and oxygen atoms in total. The first-order chi connectivity index (χ1) is 5.70. The molecule has 64 valence electrons. The van der Waals surface area contributed by atoms with Gasteiger partial charge in [-0.2, -0.15) is 0 Å². The van der Waals surface area contributed by atoms with Gasteiger partial charge in [-0.05, 0) is 6.42 Å². The average Bonchev–Trinajstić information content (AvgIpc) is 2.42. The molecule has 4 heteroatoms. The van der Waals surface area contributed by atoms with E-state index in [1.165, 1.54) is 11.3 Å². The molecule has 0 spiro atoms. The lowest BCUT2D eigenvalue weighted by atomic mass is 9.93. The van der Waals surface area contributed by atoms with E-state index in [1.54, 1.807) is 5.38 Å². The highest BCUT2D eigenvalue weighted by Gasteiger charge is 2.27. The minimum atomic E-state index is -0.163. The number of thiophene rings is 1. The molecule has 12 heavy (non-hydrogen) atoms. The van der Waals surface area contributed by atoms with Crippen LogP contribution in [0.4, 0.5) is 0 Å². The summed E-state index contributed by atoms with van der Waals surface area (Å²) in [6.45, 7) is 0. The van der Waals surface area contributed by atoms with Gasteiger partial charge in [0.15, 0.2) is 5.78 Å². The third-order valence-electron chi connectivity index (χ3n) is 2.12. The Morgan fingerprint density at radius 3 is 3.08 bits per heavy atom. The van der Waals surface area contributed by atoms with Gasteiger partial charge in [0.05, 0.1) is 4.88 Å². The molecular formula is C8H9NO2S. The molecule has 1 aromatic rings. The highest BCUT2D eigenvalue weighted by molar-refractivity contribution is 7.12.